The zero-order chi connectivity index (χ0) is 24.9. The van der Waals surface area contributed by atoms with Crippen LogP contribution in [0.15, 0.2) is 62.5 Å². The predicted molar refractivity (Wildman–Crippen MR) is 132 cm³/mol. The Labute approximate surface area is 201 Å². The Morgan fingerprint density at radius 2 is 1.83 bits per heavy atom. The molecule has 9 heteroatoms. The quantitative estimate of drug-likeness (QED) is 0.393. The Morgan fingerprint density at radius 3 is 2.51 bits per heavy atom. The third-order valence-electron chi connectivity index (χ3n) is 6.74. The summed E-state index contributed by atoms with van der Waals surface area (Å²) in [6, 6.07) is 14.6. The monoisotopic (exact) mass is 476 g/mol. The van der Waals surface area contributed by atoms with Gasteiger partial charge in [0.15, 0.2) is 5.79 Å². The highest BCUT2D eigenvalue weighted by atomic mass is 16.7. The molecule has 0 saturated carbocycles. The number of rotatable bonds is 7. The van der Waals surface area contributed by atoms with Crippen LogP contribution >= 0.6 is 0 Å². The fourth-order valence-electron chi connectivity index (χ4n) is 4.29. The zero-order valence-electron chi connectivity index (χ0n) is 20.1. The maximum Gasteiger partial charge on any atom is 0.355 e. The van der Waals surface area contributed by atoms with Crippen molar-refractivity contribution in [3.8, 4) is 0 Å². The van der Waals surface area contributed by atoms with Gasteiger partial charge in [-0.25, -0.2) is 14.2 Å². The maximum atomic E-state index is 13.7. The molecule has 1 saturated heterocycles. The van der Waals surface area contributed by atoms with E-state index in [9.17, 15) is 14.7 Å². The van der Waals surface area contributed by atoms with E-state index in [4.69, 9.17) is 9.15 Å². The number of fused-ring (bicyclic) bond motifs is 1. The van der Waals surface area contributed by atoms with Crippen LogP contribution in [0.3, 0.4) is 0 Å². The molecule has 0 spiro atoms. The van der Waals surface area contributed by atoms with Gasteiger partial charge in [-0.2, -0.15) is 4.98 Å². The van der Waals surface area contributed by atoms with E-state index in [1.165, 1.54) is 4.57 Å². The van der Waals surface area contributed by atoms with E-state index >= 15 is 0 Å². The van der Waals surface area contributed by atoms with Crippen molar-refractivity contribution in [1.29, 1.82) is 0 Å². The first-order valence-electron chi connectivity index (χ1n) is 11.6. The third-order valence-corrected chi connectivity index (χ3v) is 6.74. The van der Waals surface area contributed by atoms with Gasteiger partial charge in [0, 0.05) is 23.0 Å². The summed E-state index contributed by atoms with van der Waals surface area (Å²) in [7, 11) is 0. The largest absolute Gasteiger partial charge is 0.461 e. The molecule has 0 bridgehead atoms. The summed E-state index contributed by atoms with van der Waals surface area (Å²) >= 11 is 0. The van der Waals surface area contributed by atoms with Gasteiger partial charge in [0.1, 0.15) is 18.0 Å². The molecule has 182 valence electrons. The number of anilines is 2. The molecule has 0 amide bonds. The van der Waals surface area contributed by atoms with Gasteiger partial charge in [-0.3, -0.25) is 4.57 Å². The van der Waals surface area contributed by atoms with Gasteiger partial charge in [-0.15, -0.1) is 0 Å². The minimum atomic E-state index is -1.33. The summed E-state index contributed by atoms with van der Waals surface area (Å²) < 4.78 is 13.3. The summed E-state index contributed by atoms with van der Waals surface area (Å²) in [6.45, 7) is 7.72. The molecule has 2 N–H and O–H groups in total. The third kappa shape index (κ3) is 4.40. The first kappa shape index (κ1) is 23.1. The van der Waals surface area contributed by atoms with Crippen LogP contribution in [0.2, 0.25) is 0 Å². The molecule has 1 aliphatic heterocycles. The molecule has 4 aromatic rings. The number of epoxide rings is 1. The van der Waals surface area contributed by atoms with Crippen molar-refractivity contribution in [2.75, 3.05) is 11.9 Å². The van der Waals surface area contributed by atoms with Crippen LogP contribution in [0, 0.1) is 19.8 Å². The van der Waals surface area contributed by atoms with Crippen LogP contribution < -0.4 is 16.7 Å². The standard InChI is InChI=1S/C26H28N4O5/c1-15-5-7-19(8-6-15)13-29-23(27-21-9-10-22-20(12-21)11-16(2)35-22)28-24(31)30(25(29)32)18(4)17(3)26(33)14-34-26/h5-12,17-18,33H,13-14H2,1-4H3,(H,27,28,31)/t17-,18+,26?/m1/s1. The average Bonchev–Trinajstić information content (AvgIpc) is 3.46. The number of hydrogen-bond donors (Lipinski definition) is 2. The van der Waals surface area contributed by atoms with Crippen molar-refractivity contribution in [2.45, 2.75) is 46.1 Å². The highest BCUT2D eigenvalue weighted by Crippen LogP contribution is 2.37. The molecule has 1 aliphatic rings. The van der Waals surface area contributed by atoms with Crippen LogP contribution in [0.5, 0.6) is 0 Å². The second kappa shape index (κ2) is 8.51. The summed E-state index contributed by atoms with van der Waals surface area (Å²) in [5, 5.41) is 14.4. The van der Waals surface area contributed by atoms with E-state index in [1.807, 2.05) is 62.4 Å². The first-order chi connectivity index (χ1) is 16.6. The Hall–Kier alpha value is -3.69. The minimum absolute atomic E-state index is 0.137. The van der Waals surface area contributed by atoms with E-state index in [0.717, 1.165) is 32.4 Å². The van der Waals surface area contributed by atoms with Crippen LogP contribution in [-0.2, 0) is 11.3 Å². The molecule has 0 radical (unpaired) electrons. The number of aromatic nitrogens is 3. The Morgan fingerprint density at radius 1 is 1.11 bits per heavy atom. The SMILES string of the molecule is Cc1ccc(Cn2c(Nc3ccc4oc(C)cc4c3)nc(=O)n([C@@H](C)[C@@H](C)C3(O)CO3)c2=O)cc1. The normalized spacial score (nSPS) is 19.0. The van der Waals surface area contributed by atoms with Crippen molar-refractivity contribution in [1.82, 2.24) is 14.1 Å². The zero-order valence-corrected chi connectivity index (χ0v) is 20.1. The van der Waals surface area contributed by atoms with E-state index in [0.29, 0.717) is 5.69 Å². The molecular weight excluding hydrogens is 448 g/mol. The molecule has 2 aromatic heterocycles. The molecular formula is C26H28N4O5. The molecule has 1 unspecified atom stereocenters. The predicted octanol–water partition coefficient (Wildman–Crippen LogP) is 3.48. The van der Waals surface area contributed by atoms with E-state index in [-0.39, 0.29) is 19.1 Å². The van der Waals surface area contributed by atoms with Crippen LogP contribution in [-0.4, -0.2) is 31.6 Å². The summed E-state index contributed by atoms with van der Waals surface area (Å²) in [4.78, 5) is 31.0. The van der Waals surface area contributed by atoms with Crippen LogP contribution in [0.25, 0.3) is 11.0 Å². The maximum absolute atomic E-state index is 13.7. The van der Waals surface area contributed by atoms with Gasteiger partial charge < -0.3 is 19.6 Å². The number of nitrogens with zero attached hydrogens (tertiary/aromatic N) is 3. The lowest BCUT2D eigenvalue weighted by Crippen LogP contribution is -2.47. The van der Waals surface area contributed by atoms with Gasteiger partial charge in [-0.05, 0) is 50.6 Å². The van der Waals surface area contributed by atoms with Crippen LogP contribution in [0.4, 0.5) is 11.6 Å². The van der Waals surface area contributed by atoms with Crippen molar-refractivity contribution in [2.24, 2.45) is 5.92 Å². The van der Waals surface area contributed by atoms with Gasteiger partial charge in [-0.1, -0.05) is 36.8 Å². The Balaban J connectivity index is 1.59. The number of hydrogen-bond acceptors (Lipinski definition) is 7. The van der Waals surface area contributed by atoms with Crippen LogP contribution in [0.1, 0.15) is 36.8 Å². The molecule has 3 heterocycles. The number of aliphatic hydroxyl groups is 1. The van der Waals surface area contributed by atoms with Gasteiger partial charge >= 0.3 is 11.4 Å². The molecule has 5 rings (SSSR count). The van der Waals surface area contributed by atoms with Crippen molar-refractivity contribution in [3.63, 3.8) is 0 Å². The minimum Gasteiger partial charge on any atom is -0.461 e. The van der Waals surface area contributed by atoms with Gasteiger partial charge in [0.2, 0.25) is 5.95 Å². The average molecular weight is 477 g/mol. The number of nitrogens with one attached hydrogen (secondary N) is 1. The van der Waals surface area contributed by atoms with Crippen molar-refractivity contribution >= 4 is 22.6 Å². The number of benzene rings is 2. The second-order valence-electron chi connectivity index (χ2n) is 9.34. The topological polar surface area (TPSA) is 115 Å². The van der Waals surface area contributed by atoms with Crippen molar-refractivity contribution < 1.29 is 14.3 Å². The first-order valence-corrected chi connectivity index (χ1v) is 11.6. The molecule has 3 atom stereocenters. The Kier molecular flexibility index (Phi) is 5.61. The lowest BCUT2D eigenvalue weighted by atomic mass is 9.97. The fraction of sp³-hybridized carbons (Fsp3) is 0.346. The second-order valence-corrected chi connectivity index (χ2v) is 9.34. The highest BCUT2D eigenvalue weighted by molar-refractivity contribution is 5.82. The van der Waals surface area contributed by atoms with Gasteiger partial charge in [0.25, 0.3) is 0 Å². The lowest BCUT2D eigenvalue weighted by molar-refractivity contribution is -0.0286. The summed E-state index contributed by atoms with van der Waals surface area (Å²) in [5.74, 6) is -0.883. The molecule has 1 fully saturated rings. The molecule has 35 heavy (non-hydrogen) atoms. The van der Waals surface area contributed by atoms with E-state index in [1.54, 1.807) is 13.8 Å². The van der Waals surface area contributed by atoms with E-state index in [2.05, 4.69) is 10.3 Å². The molecule has 2 aromatic carbocycles. The smallest absolute Gasteiger partial charge is 0.355 e. The fourth-order valence-corrected chi connectivity index (χ4v) is 4.29. The summed E-state index contributed by atoms with van der Waals surface area (Å²) in [6.07, 6.45) is 0. The highest BCUT2D eigenvalue weighted by Gasteiger charge is 2.50. The van der Waals surface area contributed by atoms with E-state index < -0.39 is 29.1 Å². The number of aryl methyl sites for hydroxylation is 2. The Bertz CT molecular complexity index is 1510. The summed E-state index contributed by atoms with van der Waals surface area (Å²) in [5.41, 5.74) is 2.20. The number of furan rings is 1. The molecule has 9 nitrogen and oxygen atoms in total. The van der Waals surface area contributed by atoms with Gasteiger partial charge in [0.05, 0.1) is 6.54 Å². The van der Waals surface area contributed by atoms with Crippen molar-refractivity contribution in [3.05, 3.63) is 86.4 Å². The lowest BCUT2D eigenvalue weighted by Gasteiger charge is -2.25. The number of ether oxygens (including phenoxy) is 1. The molecule has 0 aliphatic carbocycles.